The summed E-state index contributed by atoms with van der Waals surface area (Å²) < 4.78 is 33.9. The van der Waals surface area contributed by atoms with Gasteiger partial charge in [0.05, 0.1) is 35.6 Å². The summed E-state index contributed by atoms with van der Waals surface area (Å²) in [6.07, 6.45) is 1.69. The first-order valence-corrected chi connectivity index (χ1v) is 9.32. The first kappa shape index (κ1) is 20.3. The molecule has 5 nitrogen and oxygen atoms in total. The van der Waals surface area contributed by atoms with Crippen LogP contribution < -0.4 is 5.46 Å². The molecule has 1 fully saturated rings. The van der Waals surface area contributed by atoms with Crippen LogP contribution in [0.1, 0.15) is 33.4 Å². The average Bonchev–Trinajstić information content (AvgIpc) is 3.04. The largest absolute Gasteiger partial charge is 0.497 e. The highest BCUT2D eigenvalue weighted by Crippen LogP contribution is 2.38. The molecule has 0 atom stereocenters. The van der Waals surface area contributed by atoms with Gasteiger partial charge in [-0.15, -0.1) is 0 Å². The van der Waals surface area contributed by atoms with Crippen molar-refractivity contribution in [1.29, 1.82) is 0 Å². The lowest BCUT2D eigenvalue weighted by Crippen LogP contribution is -2.41. The monoisotopic (exact) mass is 394 g/mol. The zero-order valence-electron chi connectivity index (χ0n) is 16.6. The molecule has 0 aliphatic carbocycles. The molecular formula is C19H25BClFN2O3. The molecule has 1 aromatic heterocycles. The fourth-order valence-electron chi connectivity index (χ4n) is 3.04. The normalized spacial score (nSPS) is 18.3. The van der Waals surface area contributed by atoms with E-state index in [-0.39, 0.29) is 5.02 Å². The molecule has 0 bridgehead atoms. The Labute approximate surface area is 164 Å². The smallest absolute Gasteiger partial charge is 0.399 e. The second-order valence-electron chi connectivity index (χ2n) is 7.78. The minimum atomic E-state index is -0.799. The molecule has 0 N–H and O–H groups in total. The highest BCUT2D eigenvalue weighted by Gasteiger charge is 2.52. The zero-order chi connectivity index (χ0) is 20.0. The molecule has 3 rings (SSSR count). The zero-order valence-corrected chi connectivity index (χ0v) is 17.4. The fraction of sp³-hybridized carbons (Fsp3) is 0.526. The van der Waals surface area contributed by atoms with Crippen LogP contribution >= 0.6 is 11.6 Å². The van der Waals surface area contributed by atoms with E-state index in [0.717, 1.165) is 11.3 Å². The Kier molecular flexibility index (Phi) is 5.43. The Morgan fingerprint density at radius 2 is 1.81 bits per heavy atom. The summed E-state index contributed by atoms with van der Waals surface area (Å²) >= 11 is 6.39. The molecule has 8 heteroatoms. The third-order valence-corrected chi connectivity index (χ3v) is 5.89. The summed E-state index contributed by atoms with van der Waals surface area (Å²) in [5.74, 6) is -0.531. The van der Waals surface area contributed by atoms with Crippen molar-refractivity contribution in [3.05, 3.63) is 34.9 Å². The van der Waals surface area contributed by atoms with Gasteiger partial charge in [0.1, 0.15) is 5.82 Å². The SMILES string of the molecule is COCCn1ncc(-c2ccc(B3OC(C)(C)C(C)(C)O3)c(F)c2Cl)c1C. The molecule has 2 aromatic rings. The van der Waals surface area contributed by atoms with Gasteiger partial charge in [-0.25, -0.2) is 4.39 Å². The van der Waals surface area contributed by atoms with Crippen LogP contribution in [0.25, 0.3) is 11.1 Å². The summed E-state index contributed by atoms with van der Waals surface area (Å²) in [4.78, 5) is 0. The number of benzene rings is 1. The molecule has 0 saturated carbocycles. The minimum Gasteiger partial charge on any atom is -0.399 e. The Morgan fingerprint density at radius 1 is 1.19 bits per heavy atom. The van der Waals surface area contributed by atoms with Gasteiger partial charge in [0.15, 0.2) is 0 Å². The summed E-state index contributed by atoms with van der Waals surface area (Å²) in [6, 6.07) is 3.46. The van der Waals surface area contributed by atoms with E-state index >= 15 is 4.39 Å². The van der Waals surface area contributed by atoms with Crippen molar-refractivity contribution in [3.8, 4) is 11.1 Å². The number of rotatable bonds is 5. The maximum Gasteiger partial charge on any atom is 0.497 e. The molecule has 0 amide bonds. The van der Waals surface area contributed by atoms with Crippen LogP contribution in [-0.4, -0.2) is 41.8 Å². The maximum atomic E-state index is 15.1. The van der Waals surface area contributed by atoms with Gasteiger partial charge in [-0.2, -0.15) is 5.10 Å². The van der Waals surface area contributed by atoms with E-state index in [1.54, 1.807) is 25.4 Å². The number of methoxy groups -OCH3 is 1. The van der Waals surface area contributed by atoms with Crippen molar-refractivity contribution in [2.75, 3.05) is 13.7 Å². The van der Waals surface area contributed by atoms with Gasteiger partial charge in [0.25, 0.3) is 0 Å². The van der Waals surface area contributed by atoms with E-state index in [1.165, 1.54) is 0 Å². The van der Waals surface area contributed by atoms with Crippen LogP contribution in [0, 0.1) is 12.7 Å². The maximum absolute atomic E-state index is 15.1. The predicted molar refractivity (Wildman–Crippen MR) is 105 cm³/mol. The third-order valence-electron chi connectivity index (χ3n) is 5.52. The Hall–Kier alpha value is -1.41. The van der Waals surface area contributed by atoms with E-state index in [4.69, 9.17) is 25.6 Å². The van der Waals surface area contributed by atoms with Gasteiger partial charge in [0.2, 0.25) is 0 Å². The predicted octanol–water partition coefficient (Wildman–Crippen LogP) is 3.60. The minimum absolute atomic E-state index is 0.0385. The Balaban J connectivity index is 1.94. The number of hydrogen-bond acceptors (Lipinski definition) is 4. The molecule has 2 heterocycles. The summed E-state index contributed by atoms with van der Waals surface area (Å²) in [5.41, 5.74) is 1.48. The van der Waals surface area contributed by atoms with E-state index in [2.05, 4.69) is 5.10 Å². The van der Waals surface area contributed by atoms with Gasteiger partial charge >= 0.3 is 7.12 Å². The molecule has 0 unspecified atom stereocenters. The van der Waals surface area contributed by atoms with Crippen molar-refractivity contribution >= 4 is 24.2 Å². The molecular weight excluding hydrogens is 369 g/mol. The molecule has 1 aliphatic heterocycles. The topological polar surface area (TPSA) is 45.5 Å². The quantitative estimate of drug-likeness (QED) is 0.727. The summed E-state index contributed by atoms with van der Waals surface area (Å²) in [6.45, 7) is 10.8. The lowest BCUT2D eigenvalue weighted by molar-refractivity contribution is 0.00578. The third kappa shape index (κ3) is 3.54. The lowest BCUT2D eigenvalue weighted by atomic mass is 9.78. The first-order chi connectivity index (χ1) is 12.6. The Morgan fingerprint density at radius 3 is 2.41 bits per heavy atom. The van der Waals surface area contributed by atoms with Crippen LogP contribution in [0.3, 0.4) is 0 Å². The van der Waals surface area contributed by atoms with E-state index in [1.807, 2.05) is 39.3 Å². The molecule has 1 aliphatic rings. The number of ether oxygens (including phenoxy) is 1. The Bertz CT molecular complexity index is 838. The van der Waals surface area contributed by atoms with Gasteiger partial charge in [0, 0.05) is 29.4 Å². The molecule has 1 saturated heterocycles. The highest BCUT2D eigenvalue weighted by atomic mass is 35.5. The number of halogens is 2. The second kappa shape index (κ2) is 7.20. The van der Waals surface area contributed by atoms with Crippen LogP contribution in [0.2, 0.25) is 5.02 Å². The van der Waals surface area contributed by atoms with Crippen LogP contribution in [0.5, 0.6) is 0 Å². The number of hydrogen-bond donors (Lipinski definition) is 0. The van der Waals surface area contributed by atoms with Crippen molar-refractivity contribution in [2.45, 2.75) is 52.4 Å². The molecule has 0 spiro atoms. The standard InChI is InChI=1S/C19H25BClFN2O3/c1-12-14(11-23-24(12)9-10-25-6)13-7-8-15(17(22)16(13)21)20-26-18(2,3)19(4,5)27-20/h7-8,11H,9-10H2,1-6H3. The van der Waals surface area contributed by atoms with Gasteiger partial charge in [-0.1, -0.05) is 23.7 Å². The van der Waals surface area contributed by atoms with E-state index in [0.29, 0.717) is 24.2 Å². The second-order valence-corrected chi connectivity index (χ2v) is 8.16. The fourth-order valence-corrected chi connectivity index (χ4v) is 3.31. The van der Waals surface area contributed by atoms with Gasteiger partial charge in [-0.3, -0.25) is 4.68 Å². The van der Waals surface area contributed by atoms with Crippen LogP contribution in [0.4, 0.5) is 4.39 Å². The van der Waals surface area contributed by atoms with Crippen molar-refractivity contribution < 1.29 is 18.4 Å². The first-order valence-electron chi connectivity index (χ1n) is 8.94. The average molecular weight is 395 g/mol. The van der Waals surface area contributed by atoms with Gasteiger partial charge in [-0.05, 0) is 34.6 Å². The molecule has 1 aromatic carbocycles. The van der Waals surface area contributed by atoms with Crippen LogP contribution in [0.15, 0.2) is 18.3 Å². The number of aromatic nitrogens is 2. The lowest BCUT2D eigenvalue weighted by Gasteiger charge is -2.32. The molecule has 146 valence electrons. The van der Waals surface area contributed by atoms with Crippen molar-refractivity contribution in [1.82, 2.24) is 9.78 Å². The number of nitrogens with zero attached hydrogens (tertiary/aromatic N) is 2. The van der Waals surface area contributed by atoms with Crippen molar-refractivity contribution in [2.24, 2.45) is 0 Å². The van der Waals surface area contributed by atoms with Crippen molar-refractivity contribution in [3.63, 3.8) is 0 Å². The highest BCUT2D eigenvalue weighted by molar-refractivity contribution is 6.62. The molecule has 27 heavy (non-hydrogen) atoms. The van der Waals surface area contributed by atoms with E-state index in [9.17, 15) is 0 Å². The van der Waals surface area contributed by atoms with Crippen LogP contribution in [-0.2, 0) is 20.6 Å². The van der Waals surface area contributed by atoms with Gasteiger partial charge < -0.3 is 14.0 Å². The van der Waals surface area contributed by atoms with E-state index < -0.39 is 24.1 Å². The summed E-state index contributed by atoms with van der Waals surface area (Å²) in [7, 11) is 0.840. The summed E-state index contributed by atoms with van der Waals surface area (Å²) in [5, 5.41) is 4.38. The molecule has 0 radical (unpaired) electrons.